The smallest absolute Gasteiger partial charge is 0.123 e. The van der Waals surface area contributed by atoms with Gasteiger partial charge in [-0.15, -0.1) is 0 Å². The van der Waals surface area contributed by atoms with Crippen molar-refractivity contribution in [2.24, 2.45) is 0 Å². The van der Waals surface area contributed by atoms with Gasteiger partial charge in [-0.05, 0) is 26.0 Å². The Labute approximate surface area is 104 Å². The lowest BCUT2D eigenvalue weighted by molar-refractivity contribution is 0.145. The first-order valence-electron chi connectivity index (χ1n) is 6.20. The average Bonchev–Trinajstić information content (AvgIpc) is 2.32. The number of nitrogens with one attached hydrogen (secondary N) is 1. The second-order valence-electron chi connectivity index (χ2n) is 4.13. The van der Waals surface area contributed by atoms with Crippen molar-refractivity contribution in [1.29, 1.82) is 0 Å². The molecular formula is C14H23NO2. The van der Waals surface area contributed by atoms with Gasteiger partial charge in [-0.25, -0.2) is 0 Å². The number of hydrogen-bond donors (Lipinski definition) is 1. The Morgan fingerprint density at radius 3 is 2.76 bits per heavy atom. The van der Waals surface area contributed by atoms with Crippen LogP contribution in [0.3, 0.4) is 0 Å². The van der Waals surface area contributed by atoms with Crippen LogP contribution in [0.5, 0.6) is 5.75 Å². The van der Waals surface area contributed by atoms with Crippen LogP contribution in [-0.4, -0.2) is 26.9 Å². The number of rotatable bonds is 8. The first-order valence-corrected chi connectivity index (χ1v) is 6.20. The van der Waals surface area contributed by atoms with Crippen molar-refractivity contribution in [3.8, 4) is 5.75 Å². The van der Waals surface area contributed by atoms with E-state index in [4.69, 9.17) is 9.47 Å². The van der Waals surface area contributed by atoms with Gasteiger partial charge in [0, 0.05) is 19.2 Å². The van der Waals surface area contributed by atoms with Gasteiger partial charge in [-0.3, -0.25) is 0 Å². The van der Waals surface area contributed by atoms with Crippen LogP contribution in [0.2, 0.25) is 0 Å². The molecule has 0 saturated carbocycles. The fourth-order valence-corrected chi connectivity index (χ4v) is 1.62. The Kier molecular flexibility index (Phi) is 6.67. The zero-order valence-electron chi connectivity index (χ0n) is 11.1. The lowest BCUT2D eigenvalue weighted by atomic mass is 10.1. The van der Waals surface area contributed by atoms with Crippen molar-refractivity contribution in [3.63, 3.8) is 0 Å². The molecule has 17 heavy (non-hydrogen) atoms. The molecule has 0 unspecified atom stereocenters. The van der Waals surface area contributed by atoms with Crippen LogP contribution in [-0.2, 0) is 11.3 Å². The molecule has 1 aromatic rings. The van der Waals surface area contributed by atoms with E-state index in [0.29, 0.717) is 13.2 Å². The third-order valence-corrected chi connectivity index (χ3v) is 2.50. The molecule has 0 aliphatic rings. The van der Waals surface area contributed by atoms with Gasteiger partial charge in [0.1, 0.15) is 12.4 Å². The Bertz CT molecular complexity index is 326. The van der Waals surface area contributed by atoms with Crippen LogP contribution in [0.15, 0.2) is 18.2 Å². The number of benzene rings is 1. The molecule has 0 aliphatic heterocycles. The van der Waals surface area contributed by atoms with Crippen molar-refractivity contribution in [2.75, 3.05) is 26.9 Å². The molecule has 3 heteroatoms. The van der Waals surface area contributed by atoms with Crippen LogP contribution in [0, 0.1) is 6.92 Å². The Balaban J connectivity index is 2.59. The molecule has 0 heterocycles. The fourth-order valence-electron chi connectivity index (χ4n) is 1.62. The molecule has 0 aliphatic carbocycles. The van der Waals surface area contributed by atoms with Crippen LogP contribution < -0.4 is 10.1 Å². The summed E-state index contributed by atoms with van der Waals surface area (Å²) in [6.45, 7) is 7.38. The van der Waals surface area contributed by atoms with Crippen molar-refractivity contribution in [3.05, 3.63) is 29.3 Å². The summed E-state index contributed by atoms with van der Waals surface area (Å²) in [7, 11) is 1.68. The van der Waals surface area contributed by atoms with Crippen molar-refractivity contribution < 1.29 is 9.47 Å². The number of ether oxygens (including phenoxy) is 2. The lowest BCUT2D eigenvalue weighted by Gasteiger charge is -2.12. The minimum absolute atomic E-state index is 0.598. The molecule has 96 valence electrons. The van der Waals surface area contributed by atoms with Gasteiger partial charge in [-0.2, -0.15) is 0 Å². The summed E-state index contributed by atoms with van der Waals surface area (Å²) in [4.78, 5) is 0. The van der Waals surface area contributed by atoms with E-state index in [-0.39, 0.29) is 0 Å². The first-order chi connectivity index (χ1) is 8.27. The van der Waals surface area contributed by atoms with E-state index in [9.17, 15) is 0 Å². The number of methoxy groups -OCH3 is 1. The molecule has 3 nitrogen and oxygen atoms in total. The van der Waals surface area contributed by atoms with Gasteiger partial charge < -0.3 is 14.8 Å². The van der Waals surface area contributed by atoms with Gasteiger partial charge in [0.15, 0.2) is 0 Å². The third kappa shape index (κ3) is 5.20. The van der Waals surface area contributed by atoms with Gasteiger partial charge in [0.25, 0.3) is 0 Å². The largest absolute Gasteiger partial charge is 0.491 e. The average molecular weight is 237 g/mol. The second kappa shape index (κ2) is 8.09. The minimum Gasteiger partial charge on any atom is -0.491 e. The molecular weight excluding hydrogens is 214 g/mol. The molecule has 1 aromatic carbocycles. The molecule has 0 aromatic heterocycles. The molecule has 0 atom stereocenters. The molecule has 0 amide bonds. The normalized spacial score (nSPS) is 10.5. The van der Waals surface area contributed by atoms with Crippen LogP contribution >= 0.6 is 0 Å². The topological polar surface area (TPSA) is 30.5 Å². The molecule has 0 saturated heterocycles. The van der Waals surface area contributed by atoms with E-state index in [1.165, 1.54) is 11.1 Å². The van der Waals surface area contributed by atoms with E-state index in [1.807, 2.05) is 6.07 Å². The molecule has 0 radical (unpaired) electrons. The summed E-state index contributed by atoms with van der Waals surface area (Å²) in [5.41, 5.74) is 2.48. The SMILES string of the molecule is CCCNCc1cc(C)ccc1OCCOC. The third-order valence-electron chi connectivity index (χ3n) is 2.50. The van der Waals surface area contributed by atoms with E-state index < -0.39 is 0 Å². The van der Waals surface area contributed by atoms with Crippen molar-refractivity contribution >= 4 is 0 Å². The number of hydrogen-bond acceptors (Lipinski definition) is 3. The lowest BCUT2D eigenvalue weighted by Crippen LogP contribution is -2.15. The molecule has 1 rings (SSSR count). The summed E-state index contributed by atoms with van der Waals surface area (Å²) >= 11 is 0. The minimum atomic E-state index is 0.598. The zero-order chi connectivity index (χ0) is 12.5. The second-order valence-corrected chi connectivity index (χ2v) is 4.13. The van der Waals surface area contributed by atoms with Crippen LogP contribution in [0.25, 0.3) is 0 Å². The molecule has 0 fully saturated rings. The molecule has 0 bridgehead atoms. The highest BCUT2D eigenvalue weighted by molar-refractivity contribution is 5.36. The van der Waals surface area contributed by atoms with Gasteiger partial charge >= 0.3 is 0 Å². The Morgan fingerprint density at radius 1 is 1.24 bits per heavy atom. The monoisotopic (exact) mass is 237 g/mol. The predicted molar refractivity (Wildman–Crippen MR) is 70.5 cm³/mol. The molecule has 1 N–H and O–H groups in total. The highest BCUT2D eigenvalue weighted by Gasteiger charge is 2.03. The first kappa shape index (κ1) is 14.0. The maximum absolute atomic E-state index is 5.70. The summed E-state index contributed by atoms with van der Waals surface area (Å²) < 4.78 is 10.7. The van der Waals surface area contributed by atoms with E-state index >= 15 is 0 Å². The van der Waals surface area contributed by atoms with Crippen LogP contribution in [0.1, 0.15) is 24.5 Å². The summed E-state index contributed by atoms with van der Waals surface area (Å²) in [5.74, 6) is 0.955. The van der Waals surface area contributed by atoms with Gasteiger partial charge in [0.05, 0.1) is 6.61 Å². The Morgan fingerprint density at radius 2 is 2.06 bits per heavy atom. The van der Waals surface area contributed by atoms with Crippen molar-refractivity contribution in [1.82, 2.24) is 5.32 Å². The maximum Gasteiger partial charge on any atom is 0.123 e. The summed E-state index contributed by atoms with van der Waals surface area (Å²) in [5, 5.41) is 3.40. The van der Waals surface area contributed by atoms with E-state index in [1.54, 1.807) is 7.11 Å². The van der Waals surface area contributed by atoms with Gasteiger partial charge in [0.2, 0.25) is 0 Å². The van der Waals surface area contributed by atoms with E-state index in [0.717, 1.165) is 25.3 Å². The summed E-state index contributed by atoms with van der Waals surface area (Å²) in [6, 6.07) is 6.28. The summed E-state index contributed by atoms with van der Waals surface area (Å²) in [6.07, 6.45) is 1.14. The maximum atomic E-state index is 5.70. The highest BCUT2D eigenvalue weighted by Crippen LogP contribution is 2.19. The zero-order valence-corrected chi connectivity index (χ0v) is 11.1. The molecule has 0 spiro atoms. The number of aryl methyl sites for hydroxylation is 1. The van der Waals surface area contributed by atoms with E-state index in [2.05, 4.69) is 31.3 Å². The predicted octanol–water partition coefficient (Wildman–Crippen LogP) is 2.52. The standard InChI is InChI=1S/C14H23NO2/c1-4-7-15-11-13-10-12(2)5-6-14(13)17-9-8-16-3/h5-6,10,15H,4,7-9,11H2,1-3H3. The Hall–Kier alpha value is -1.06. The van der Waals surface area contributed by atoms with Gasteiger partial charge in [-0.1, -0.05) is 24.6 Å². The van der Waals surface area contributed by atoms with Crippen molar-refractivity contribution in [2.45, 2.75) is 26.8 Å². The highest BCUT2D eigenvalue weighted by atomic mass is 16.5. The van der Waals surface area contributed by atoms with Crippen LogP contribution in [0.4, 0.5) is 0 Å². The fraction of sp³-hybridized carbons (Fsp3) is 0.571. The quantitative estimate of drug-likeness (QED) is 0.705.